The third kappa shape index (κ3) is 4.37. The maximum atomic E-state index is 15.6. The van der Waals surface area contributed by atoms with Gasteiger partial charge in [-0.1, -0.05) is 68.5 Å². The second-order valence-corrected chi connectivity index (χ2v) is 9.51. The number of benzene rings is 3. The minimum Gasteiger partial charge on any atom is -0.454 e. The molecule has 0 bridgehead atoms. The minimum atomic E-state index is -0.719. The van der Waals surface area contributed by atoms with Crippen LogP contribution in [0.3, 0.4) is 0 Å². The molecule has 3 aromatic carbocycles. The van der Waals surface area contributed by atoms with Crippen LogP contribution < -0.4 is 4.74 Å². The smallest absolute Gasteiger partial charge is 0.175 e. The molecule has 0 saturated carbocycles. The topological polar surface area (TPSA) is 9.23 Å². The lowest BCUT2D eigenvalue weighted by Gasteiger charge is -2.36. The fraction of sp³-hybridized carbons (Fsp3) is 0.267. The van der Waals surface area contributed by atoms with E-state index < -0.39 is 11.6 Å². The number of rotatable bonds is 5. The third-order valence-electron chi connectivity index (χ3n) is 6.71. The molecule has 0 heterocycles. The average Bonchev–Trinajstić information content (AvgIpc) is 2.79. The molecule has 3 heteroatoms. The first-order chi connectivity index (χ1) is 15.7. The van der Waals surface area contributed by atoms with Gasteiger partial charge in [0.05, 0.1) is 5.56 Å². The summed E-state index contributed by atoms with van der Waals surface area (Å²) < 4.78 is 37.0. The monoisotopic (exact) mass is 444 g/mol. The van der Waals surface area contributed by atoms with E-state index in [1.54, 1.807) is 19.1 Å². The number of hydrogen-bond donors (Lipinski definition) is 0. The van der Waals surface area contributed by atoms with Gasteiger partial charge in [0.25, 0.3) is 0 Å². The molecule has 0 radical (unpaired) electrons. The van der Waals surface area contributed by atoms with Gasteiger partial charge in [-0.3, -0.25) is 0 Å². The fourth-order valence-electron chi connectivity index (χ4n) is 4.97. The Hall–Kier alpha value is -3.20. The van der Waals surface area contributed by atoms with Crippen LogP contribution in [-0.4, -0.2) is 0 Å². The largest absolute Gasteiger partial charge is 0.454 e. The Bertz CT molecular complexity index is 1290. The van der Waals surface area contributed by atoms with E-state index >= 15 is 8.78 Å². The van der Waals surface area contributed by atoms with Crippen molar-refractivity contribution >= 4 is 16.6 Å². The van der Waals surface area contributed by atoms with Crippen LogP contribution in [0.5, 0.6) is 11.5 Å². The summed E-state index contributed by atoms with van der Waals surface area (Å²) in [6.45, 7) is 12.3. The van der Waals surface area contributed by atoms with E-state index in [4.69, 9.17) is 4.74 Å². The average molecular weight is 445 g/mol. The Kier molecular flexibility index (Phi) is 6.25. The minimum absolute atomic E-state index is 0.00851. The molecule has 0 fully saturated rings. The molecule has 33 heavy (non-hydrogen) atoms. The van der Waals surface area contributed by atoms with E-state index in [-0.39, 0.29) is 16.7 Å². The summed E-state index contributed by atoms with van der Waals surface area (Å²) in [6.07, 6.45) is 3.12. The normalized spacial score (nSPS) is 16.5. The Balaban J connectivity index is 1.72. The summed E-state index contributed by atoms with van der Waals surface area (Å²) in [4.78, 5) is 0. The van der Waals surface area contributed by atoms with Crippen LogP contribution in [0.2, 0.25) is 0 Å². The van der Waals surface area contributed by atoms with Crippen LogP contribution >= 0.6 is 0 Å². The standard InChI is InChI=1S/C30H30F2O/c1-19-11-10-18-30(4,5)27(19)20(2)21(3)28(31)24-15-9-17-26(29(24)32)33-25-16-8-13-22-12-6-7-14-23(22)25/h6-9,12-17H,2,10-11,18H2,1,3-5H3/b28-21-. The van der Waals surface area contributed by atoms with E-state index in [1.165, 1.54) is 17.7 Å². The highest BCUT2D eigenvalue weighted by atomic mass is 19.1. The Morgan fingerprint density at radius 1 is 0.970 bits per heavy atom. The van der Waals surface area contributed by atoms with Crippen molar-refractivity contribution in [2.45, 2.75) is 47.0 Å². The molecule has 1 nitrogen and oxygen atoms in total. The Labute approximate surface area is 195 Å². The first-order valence-electron chi connectivity index (χ1n) is 11.4. The molecule has 0 unspecified atom stereocenters. The highest BCUT2D eigenvalue weighted by molar-refractivity contribution is 5.88. The zero-order valence-corrected chi connectivity index (χ0v) is 19.8. The number of fused-ring (bicyclic) bond motifs is 1. The number of halogens is 2. The zero-order chi connectivity index (χ0) is 23.8. The predicted octanol–water partition coefficient (Wildman–Crippen LogP) is 9.55. The highest BCUT2D eigenvalue weighted by Crippen LogP contribution is 2.46. The van der Waals surface area contributed by atoms with Crippen molar-refractivity contribution in [3.63, 3.8) is 0 Å². The van der Waals surface area contributed by atoms with Crippen LogP contribution in [0.4, 0.5) is 8.78 Å². The lowest BCUT2D eigenvalue weighted by molar-refractivity contribution is 0.373. The number of ether oxygens (including phenoxy) is 1. The van der Waals surface area contributed by atoms with Crippen molar-refractivity contribution in [3.8, 4) is 11.5 Å². The van der Waals surface area contributed by atoms with Crippen molar-refractivity contribution in [2.24, 2.45) is 5.41 Å². The molecule has 0 aliphatic heterocycles. The molecule has 0 saturated heterocycles. The van der Waals surface area contributed by atoms with Gasteiger partial charge in [0, 0.05) is 5.39 Å². The quantitative estimate of drug-likeness (QED) is 0.356. The second kappa shape index (κ2) is 8.97. The number of hydrogen-bond acceptors (Lipinski definition) is 1. The molecular formula is C30H30F2O. The third-order valence-corrected chi connectivity index (χ3v) is 6.71. The zero-order valence-electron chi connectivity index (χ0n) is 19.8. The molecule has 0 amide bonds. The summed E-state index contributed by atoms with van der Waals surface area (Å²) in [5.41, 5.74) is 3.13. The lowest BCUT2D eigenvalue weighted by atomic mass is 9.69. The van der Waals surface area contributed by atoms with Crippen molar-refractivity contribution in [1.29, 1.82) is 0 Å². The van der Waals surface area contributed by atoms with Gasteiger partial charge in [-0.2, -0.15) is 0 Å². The second-order valence-electron chi connectivity index (χ2n) is 9.51. The van der Waals surface area contributed by atoms with E-state index in [0.29, 0.717) is 16.9 Å². The van der Waals surface area contributed by atoms with Crippen molar-refractivity contribution < 1.29 is 13.5 Å². The molecule has 3 aromatic rings. The van der Waals surface area contributed by atoms with Gasteiger partial charge in [0.2, 0.25) is 0 Å². The van der Waals surface area contributed by atoms with Crippen molar-refractivity contribution in [3.05, 3.63) is 101 Å². The van der Waals surface area contributed by atoms with Crippen LogP contribution in [0.25, 0.3) is 16.6 Å². The first-order valence-corrected chi connectivity index (χ1v) is 11.4. The molecule has 1 aliphatic rings. The van der Waals surface area contributed by atoms with Gasteiger partial charge in [-0.25, -0.2) is 8.78 Å². The summed E-state index contributed by atoms with van der Waals surface area (Å²) in [5, 5.41) is 1.86. The highest BCUT2D eigenvalue weighted by Gasteiger charge is 2.31. The SMILES string of the molecule is C=C(C1=C(C)CCCC1(C)C)/C(C)=C(\F)c1cccc(Oc2cccc3ccccc23)c1F. The molecule has 0 N–H and O–H groups in total. The van der Waals surface area contributed by atoms with Crippen molar-refractivity contribution in [2.75, 3.05) is 0 Å². The molecule has 4 rings (SSSR count). The lowest BCUT2D eigenvalue weighted by Crippen LogP contribution is -2.22. The molecule has 0 atom stereocenters. The predicted molar refractivity (Wildman–Crippen MR) is 134 cm³/mol. The molecule has 1 aliphatic carbocycles. The fourth-order valence-corrected chi connectivity index (χ4v) is 4.97. The van der Waals surface area contributed by atoms with Gasteiger partial charge in [-0.15, -0.1) is 0 Å². The molecule has 0 spiro atoms. The van der Waals surface area contributed by atoms with E-state index in [2.05, 4.69) is 27.4 Å². The summed E-state index contributed by atoms with van der Waals surface area (Å²) in [7, 11) is 0. The molecule has 0 aromatic heterocycles. The van der Waals surface area contributed by atoms with Crippen molar-refractivity contribution in [1.82, 2.24) is 0 Å². The van der Waals surface area contributed by atoms with Crippen LogP contribution in [0, 0.1) is 11.2 Å². The van der Waals surface area contributed by atoms with Crippen LogP contribution in [0.15, 0.2) is 89.5 Å². The van der Waals surface area contributed by atoms with Crippen LogP contribution in [0.1, 0.15) is 52.5 Å². The van der Waals surface area contributed by atoms with Gasteiger partial charge in [0.15, 0.2) is 11.6 Å². The van der Waals surface area contributed by atoms with E-state index in [0.717, 1.165) is 35.6 Å². The van der Waals surface area contributed by atoms with Gasteiger partial charge >= 0.3 is 0 Å². The first kappa shape index (κ1) is 23.0. The van der Waals surface area contributed by atoms with Gasteiger partial charge in [-0.05, 0) is 78.8 Å². The molecular weight excluding hydrogens is 414 g/mol. The summed E-state index contributed by atoms with van der Waals surface area (Å²) in [6, 6.07) is 17.9. The molecule has 170 valence electrons. The van der Waals surface area contributed by atoms with Gasteiger partial charge in [0.1, 0.15) is 11.6 Å². The summed E-state index contributed by atoms with van der Waals surface area (Å²) >= 11 is 0. The van der Waals surface area contributed by atoms with E-state index in [9.17, 15) is 0 Å². The van der Waals surface area contributed by atoms with Crippen LogP contribution in [-0.2, 0) is 0 Å². The number of allylic oxidation sites excluding steroid dienone is 4. The summed E-state index contributed by atoms with van der Waals surface area (Å²) in [5.74, 6) is -0.809. The Morgan fingerprint density at radius 3 is 2.39 bits per heavy atom. The maximum absolute atomic E-state index is 15.6. The maximum Gasteiger partial charge on any atom is 0.175 e. The Morgan fingerprint density at radius 2 is 1.64 bits per heavy atom. The van der Waals surface area contributed by atoms with E-state index in [1.807, 2.05) is 36.4 Å². The van der Waals surface area contributed by atoms with Gasteiger partial charge < -0.3 is 4.74 Å².